The number of amides is 1. The van der Waals surface area contributed by atoms with E-state index in [1.165, 1.54) is 11.8 Å². The minimum Gasteiger partial charge on any atom is -0.480 e. The van der Waals surface area contributed by atoms with E-state index in [9.17, 15) is 9.59 Å². The quantitative estimate of drug-likeness (QED) is 0.702. The number of benzene rings is 1. The first-order chi connectivity index (χ1) is 10.6. The fourth-order valence-electron chi connectivity index (χ4n) is 2.59. The largest absolute Gasteiger partial charge is 0.480 e. The van der Waals surface area contributed by atoms with Crippen LogP contribution in [-0.4, -0.2) is 28.8 Å². The van der Waals surface area contributed by atoms with Gasteiger partial charge in [0, 0.05) is 11.4 Å². The molecule has 5 heteroatoms. The molecule has 0 radical (unpaired) electrons. The first-order valence-corrected chi connectivity index (χ1v) is 8.77. The summed E-state index contributed by atoms with van der Waals surface area (Å²) in [7, 11) is 0. The number of hydrogen-bond donors (Lipinski definition) is 2. The maximum atomic E-state index is 12.5. The van der Waals surface area contributed by atoms with Gasteiger partial charge in [-0.15, -0.1) is 11.8 Å². The summed E-state index contributed by atoms with van der Waals surface area (Å²) in [6, 6.07) is 7.14. The van der Waals surface area contributed by atoms with Crippen molar-refractivity contribution in [2.45, 2.75) is 51.2 Å². The Balaban J connectivity index is 2.78. The number of rotatable bonds is 8. The van der Waals surface area contributed by atoms with Crippen molar-refractivity contribution in [3.63, 3.8) is 0 Å². The molecule has 0 aliphatic rings. The lowest BCUT2D eigenvalue weighted by Crippen LogP contribution is -2.35. The van der Waals surface area contributed by atoms with E-state index in [0.717, 1.165) is 6.42 Å². The van der Waals surface area contributed by atoms with Crippen molar-refractivity contribution in [1.82, 2.24) is 5.32 Å². The lowest BCUT2D eigenvalue weighted by molar-refractivity contribution is -0.136. The Morgan fingerprint density at radius 1 is 1.22 bits per heavy atom. The predicted octanol–water partition coefficient (Wildman–Crippen LogP) is 4.05. The Morgan fingerprint density at radius 3 is 2.39 bits per heavy atom. The summed E-state index contributed by atoms with van der Waals surface area (Å²) in [5, 5.41) is 11.4. The van der Waals surface area contributed by atoms with Crippen molar-refractivity contribution < 1.29 is 14.7 Å². The van der Waals surface area contributed by atoms with Gasteiger partial charge in [-0.3, -0.25) is 9.59 Å². The highest BCUT2D eigenvalue weighted by Gasteiger charge is 2.22. The number of carbonyl (C=O) groups is 2. The third-order valence-electron chi connectivity index (χ3n) is 3.47. The minimum absolute atomic E-state index is 0.0280. The van der Waals surface area contributed by atoms with Crippen LogP contribution in [0.5, 0.6) is 0 Å². The van der Waals surface area contributed by atoms with Gasteiger partial charge in [-0.1, -0.05) is 39.8 Å². The smallest absolute Gasteiger partial charge is 0.316 e. The highest BCUT2D eigenvalue weighted by molar-refractivity contribution is 8.00. The minimum atomic E-state index is -0.886. The van der Waals surface area contributed by atoms with Crippen LogP contribution in [0, 0.1) is 11.3 Å². The molecule has 0 fully saturated rings. The lowest BCUT2D eigenvalue weighted by Gasteiger charge is -2.27. The van der Waals surface area contributed by atoms with Gasteiger partial charge in [0.05, 0.1) is 5.56 Å². The summed E-state index contributed by atoms with van der Waals surface area (Å²) in [5.74, 6) is -0.466. The molecule has 0 saturated carbocycles. The summed E-state index contributed by atoms with van der Waals surface area (Å²) in [5.41, 5.74) is 0.561. The molecule has 1 rings (SSSR count). The second kappa shape index (κ2) is 8.39. The molecule has 0 aromatic heterocycles. The van der Waals surface area contributed by atoms with E-state index in [2.05, 4.69) is 33.0 Å². The molecule has 0 bridgehead atoms. The van der Waals surface area contributed by atoms with Crippen LogP contribution in [0.25, 0.3) is 0 Å². The molecule has 1 aromatic rings. The Labute approximate surface area is 143 Å². The van der Waals surface area contributed by atoms with Crippen LogP contribution in [0.1, 0.15) is 51.4 Å². The summed E-state index contributed by atoms with van der Waals surface area (Å²) < 4.78 is 0. The van der Waals surface area contributed by atoms with Crippen molar-refractivity contribution in [1.29, 1.82) is 0 Å². The fourth-order valence-corrected chi connectivity index (χ4v) is 3.52. The van der Waals surface area contributed by atoms with Crippen LogP contribution in [-0.2, 0) is 4.79 Å². The van der Waals surface area contributed by atoms with Crippen molar-refractivity contribution in [3.8, 4) is 0 Å². The van der Waals surface area contributed by atoms with Crippen molar-refractivity contribution in [2.24, 2.45) is 11.3 Å². The molecule has 1 amide bonds. The van der Waals surface area contributed by atoms with Crippen molar-refractivity contribution in [3.05, 3.63) is 29.8 Å². The van der Waals surface area contributed by atoms with Gasteiger partial charge in [-0.25, -0.2) is 0 Å². The number of nitrogens with one attached hydrogen (secondary N) is 1. The molecule has 4 nitrogen and oxygen atoms in total. The van der Waals surface area contributed by atoms with Gasteiger partial charge >= 0.3 is 5.97 Å². The first kappa shape index (κ1) is 19.6. The van der Waals surface area contributed by atoms with Crippen LogP contribution in [0.15, 0.2) is 29.2 Å². The molecule has 0 saturated heterocycles. The average molecular weight is 337 g/mol. The first-order valence-electron chi connectivity index (χ1n) is 7.89. The highest BCUT2D eigenvalue weighted by Crippen LogP contribution is 2.28. The van der Waals surface area contributed by atoms with Crippen LogP contribution >= 0.6 is 11.8 Å². The summed E-state index contributed by atoms with van der Waals surface area (Å²) in [4.78, 5) is 24.2. The standard InChI is InChI=1S/C18H27NO3S/c1-12(2)10-18(4,5)11-19-16(20)14-8-6-7-9-15(14)23-13(3)17(21)22/h6-9,12-13H,10-11H2,1-5H3,(H,19,20)(H,21,22). The summed E-state index contributed by atoms with van der Waals surface area (Å²) in [6.07, 6.45) is 1.03. The predicted molar refractivity (Wildman–Crippen MR) is 95.0 cm³/mol. The Hall–Kier alpha value is -1.49. The van der Waals surface area contributed by atoms with Gasteiger partial charge in [-0.05, 0) is 36.8 Å². The van der Waals surface area contributed by atoms with Gasteiger partial charge in [0.15, 0.2) is 0 Å². The van der Waals surface area contributed by atoms with Crippen LogP contribution < -0.4 is 5.32 Å². The fraction of sp³-hybridized carbons (Fsp3) is 0.556. The van der Waals surface area contributed by atoms with Crippen molar-refractivity contribution >= 4 is 23.6 Å². The SMILES string of the molecule is CC(C)CC(C)(C)CNC(=O)c1ccccc1SC(C)C(=O)O. The Kier molecular flexibility index (Phi) is 7.13. The molecule has 1 aromatic carbocycles. The van der Waals surface area contributed by atoms with E-state index < -0.39 is 11.2 Å². The number of carboxylic acid groups (broad SMARTS) is 1. The van der Waals surface area contributed by atoms with E-state index >= 15 is 0 Å². The summed E-state index contributed by atoms with van der Waals surface area (Å²) >= 11 is 1.19. The molecule has 128 valence electrons. The second-order valence-electron chi connectivity index (χ2n) is 7.04. The molecular weight excluding hydrogens is 310 g/mol. The molecule has 0 heterocycles. The Morgan fingerprint density at radius 2 is 1.83 bits per heavy atom. The van der Waals surface area contributed by atoms with E-state index in [-0.39, 0.29) is 11.3 Å². The number of thioether (sulfide) groups is 1. The monoisotopic (exact) mass is 337 g/mol. The molecule has 2 N–H and O–H groups in total. The zero-order chi connectivity index (χ0) is 17.6. The zero-order valence-electron chi connectivity index (χ0n) is 14.6. The molecule has 1 atom stereocenters. The normalized spacial score (nSPS) is 13.0. The van der Waals surface area contributed by atoms with Gasteiger partial charge in [-0.2, -0.15) is 0 Å². The van der Waals surface area contributed by atoms with Crippen LogP contribution in [0.4, 0.5) is 0 Å². The van der Waals surface area contributed by atoms with Gasteiger partial charge in [0.2, 0.25) is 0 Å². The maximum absolute atomic E-state index is 12.5. The van der Waals surface area contributed by atoms with E-state index in [1.807, 2.05) is 6.07 Å². The number of carboxylic acids is 1. The number of carbonyl (C=O) groups excluding carboxylic acids is 1. The van der Waals surface area contributed by atoms with Gasteiger partial charge in [0.25, 0.3) is 5.91 Å². The Bertz CT molecular complexity index is 555. The van der Waals surface area contributed by atoms with Crippen LogP contribution in [0.2, 0.25) is 0 Å². The molecular formula is C18H27NO3S. The third kappa shape index (κ3) is 6.65. The molecule has 23 heavy (non-hydrogen) atoms. The molecule has 0 spiro atoms. The topological polar surface area (TPSA) is 66.4 Å². The molecule has 0 aliphatic carbocycles. The average Bonchev–Trinajstić information content (AvgIpc) is 2.44. The second-order valence-corrected chi connectivity index (χ2v) is 8.42. The van der Waals surface area contributed by atoms with E-state index in [4.69, 9.17) is 5.11 Å². The maximum Gasteiger partial charge on any atom is 0.316 e. The van der Waals surface area contributed by atoms with Crippen LogP contribution in [0.3, 0.4) is 0 Å². The van der Waals surface area contributed by atoms with Crippen molar-refractivity contribution in [2.75, 3.05) is 6.54 Å². The molecule has 0 aliphatic heterocycles. The van der Waals surface area contributed by atoms with E-state index in [1.54, 1.807) is 25.1 Å². The van der Waals surface area contributed by atoms with Gasteiger partial charge in [0.1, 0.15) is 5.25 Å². The number of hydrogen-bond acceptors (Lipinski definition) is 3. The third-order valence-corrected chi connectivity index (χ3v) is 4.64. The lowest BCUT2D eigenvalue weighted by atomic mass is 9.84. The summed E-state index contributed by atoms with van der Waals surface area (Å²) in [6.45, 7) is 10.8. The molecule has 1 unspecified atom stereocenters. The zero-order valence-corrected chi connectivity index (χ0v) is 15.4. The highest BCUT2D eigenvalue weighted by atomic mass is 32.2. The van der Waals surface area contributed by atoms with Gasteiger partial charge < -0.3 is 10.4 Å². The van der Waals surface area contributed by atoms with E-state index in [0.29, 0.717) is 22.9 Å². The number of aliphatic carboxylic acids is 1.